The molecule has 1 fully saturated rings. The molecule has 4 rings (SSSR count). The van der Waals surface area contributed by atoms with E-state index in [-0.39, 0.29) is 24.1 Å². The second-order valence-electron chi connectivity index (χ2n) is 8.01. The molecule has 31 heavy (non-hydrogen) atoms. The Bertz CT molecular complexity index is 1180. The number of carbonyl (C=O) groups is 1. The van der Waals surface area contributed by atoms with Gasteiger partial charge in [-0.05, 0) is 62.4 Å². The van der Waals surface area contributed by atoms with E-state index in [1.54, 1.807) is 29.7 Å². The van der Waals surface area contributed by atoms with Crippen molar-refractivity contribution in [2.75, 3.05) is 0 Å². The van der Waals surface area contributed by atoms with E-state index < -0.39 is 17.6 Å². The van der Waals surface area contributed by atoms with E-state index in [2.05, 4.69) is 4.98 Å². The van der Waals surface area contributed by atoms with Gasteiger partial charge in [0.15, 0.2) is 5.49 Å². The van der Waals surface area contributed by atoms with E-state index in [1.165, 1.54) is 12.4 Å². The van der Waals surface area contributed by atoms with Gasteiger partial charge in [-0.2, -0.15) is 0 Å². The highest BCUT2D eigenvalue weighted by Gasteiger charge is 2.27. The van der Waals surface area contributed by atoms with Crippen molar-refractivity contribution < 1.29 is 23.4 Å². The lowest BCUT2D eigenvalue weighted by Gasteiger charge is -2.27. The third-order valence-electron chi connectivity index (χ3n) is 5.90. The maximum atomic E-state index is 14.3. The molecule has 2 N–H and O–H groups in total. The first-order valence-corrected chi connectivity index (χ1v) is 10.2. The van der Waals surface area contributed by atoms with Gasteiger partial charge < -0.3 is 14.4 Å². The average molecular weight is 427 g/mol. The second kappa shape index (κ2) is 8.45. The Morgan fingerprint density at radius 2 is 1.97 bits per heavy atom. The number of fused-ring (bicyclic) bond motifs is 1. The van der Waals surface area contributed by atoms with Gasteiger partial charge in [0.1, 0.15) is 17.4 Å². The number of carboxylic acids is 1. The summed E-state index contributed by atoms with van der Waals surface area (Å²) in [7, 11) is 0. The number of ether oxygens (including phenoxy) is 1. The van der Waals surface area contributed by atoms with Crippen LogP contribution in [-0.4, -0.2) is 26.7 Å². The highest BCUT2D eigenvalue weighted by atomic mass is 19.1. The van der Waals surface area contributed by atoms with Gasteiger partial charge in [0.2, 0.25) is 0 Å². The highest BCUT2D eigenvalue weighted by Crippen LogP contribution is 2.29. The molecule has 0 radical (unpaired) electrons. The molecule has 3 aromatic rings. The van der Waals surface area contributed by atoms with Crippen LogP contribution in [0.5, 0.6) is 5.75 Å². The first-order chi connectivity index (χ1) is 14.8. The molecule has 1 aliphatic rings. The standard InChI is InChI=1S/C23H23F2N3O3/c1-13-8-15(24)9-20(25)19(13)11-28-12-27-22(26)18-10-17(6-7-21(18)28)31-16-4-2-14(3-5-16)23(29)30/h6-10,12,14,16,26H,2-5,11H2,1H3,(H,29,30). The summed E-state index contributed by atoms with van der Waals surface area (Å²) in [5.74, 6) is -1.72. The molecular formula is C23H23F2N3O3. The molecule has 0 atom stereocenters. The second-order valence-corrected chi connectivity index (χ2v) is 8.01. The minimum absolute atomic E-state index is 0.0676. The molecule has 1 heterocycles. The molecule has 0 bridgehead atoms. The zero-order chi connectivity index (χ0) is 22.1. The molecule has 0 saturated heterocycles. The molecule has 1 aromatic heterocycles. The molecule has 0 spiro atoms. The fourth-order valence-electron chi connectivity index (χ4n) is 4.14. The van der Waals surface area contributed by atoms with Gasteiger partial charge in [0.05, 0.1) is 30.4 Å². The molecule has 0 aliphatic heterocycles. The number of nitrogens with zero attached hydrogens (tertiary/aromatic N) is 2. The predicted molar refractivity (Wildman–Crippen MR) is 110 cm³/mol. The molecule has 162 valence electrons. The van der Waals surface area contributed by atoms with Crippen molar-refractivity contribution in [1.82, 2.24) is 9.55 Å². The predicted octanol–water partition coefficient (Wildman–Crippen LogP) is 4.17. The van der Waals surface area contributed by atoms with Crippen LogP contribution in [0.25, 0.3) is 10.9 Å². The van der Waals surface area contributed by atoms with Crippen LogP contribution < -0.4 is 10.2 Å². The number of hydrogen-bond donors (Lipinski definition) is 2. The number of aliphatic carboxylic acids is 1. The maximum Gasteiger partial charge on any atom is 0.306 e. The fourth-order valence-corrected chi connectivity index (χ4v) is 4.14. The van der Waals surface area contributed by atoms with Crippen molar-refractivity contribution in [3.8, 4) is 5.75 Å². The van der Waals surface area contributed by atoms with Gasteiger partial charge in [-0.25, -0.2) is 13.8 Å². The van der Waals surface area contributed by atoms with E-state index >= 15 is 0 Å². The molecule has 0 unspecified atom stereocenters. The lowest BCUT2D eigenvalue weighted by atomic mass is 9.87. The van der Waals surface area contributed by atoms with E-state index in [1.807, 2.05) is 0 Å². The Hall–Kier alpha value is -3.29. The van der Waals surface area contributed by atoms with Crippen LogP contribution in [0.15, 0.2) is 36.7 Å². The third kappa shape index (κ3) is 4.42. The number of aryl methyl sites for hydroxylation is 1. The Labute approximate surface area is 177 Å². The van der Waals surface area contributed by atoms with E-state index in [9.17, 15) is 13.6 Å². The summed E-state index contributed by atoms with van der Waals surface area (Å²) in [6.07, 6.45) is 3.91. The van der Waals surface area contributed by atoms with Crippen LogP contribution in [0.1, 0.15) is 36.8 Å². The Kier molecular flexibility index (Phi) is 5.71. The molecule has 0 amide bonds. The van der Waals surface area contributed by atoms with E-state index in [0.717, 1.165) is 6.07 Å². The summed E-state index contributed by atoms with van der Waals surface area (Å²) >= 11 is 0. The van der Waals surface area contributed by atoms with Crippen LogP contribution in [0, 0.1) is 29.9 Å². The Balaban J connectivity index is 1.59. The Morgan fingerprint density at radius 3 is 2.65 bits per heavy atom. The Morgan fingerprint density at radius 1 is 1.23 bits per heavy atom. The van der Waals surface area contributed by atoms with E-state index in [4.69, 9.17) is 15.3 Å². The minimum atomic E-state index is -0.758. The molecule has 1 saturated carbocycles. The first-order valence-electron chi connectivity index (χ1n) is 10.2. The SMILES string of the molecule is Cc1cc(F)cc(F)c1Cn1cnc(=N)c2cc(OC3CCC(C(=O)O)CC3)ccc21. The third-order valence-corrected chi connectivity index (χ3v) is 5.90. The lowest BCUT2D eigenvalue weighted by Crippen LogP contribution is -2.27. The van der Waals surface area contributed by atoms with E-state index in [0.29, 0.717) is 53.5 Å². The zero-order valence-electron chi connectivity index (χ0n) is 17.1. The number of hydrogen-bond acceptors (Lipinski definition) is 4. The fraction of sp³-hybridized carbons (Fsp3) is 0.348. The number of carboxylic acid groups (broad SMARTS) is 1. The molecule has 2 aromatic carbocycles. The van der Waals surface area contributed by atoms with Crippen LogP contribution in [0.2, 0.25) is 0 Å². The lowest BCUT2D eigenvalue weighted by molar-refractivity contribution is -0.143. The summed E-state index contributed by atoms with van der Waals surface area (Å²) in [4.78, 5) is 15.2. The van der Waals surface area contributed by atoms with Gasteiger partial charge in [0, 0.05) is 17.0 Å². The van der Waals surface area contributed by atoms with Gasteiger partial charge in [-0.3, -0.25) is 10.2 Å². The molecule has 1 aliphatic carbocycles. The topological polar surface area (TPSA) is 88.2 Å². The zero-order valence-corrected chi connectivity index (χ0v) is 17.1. The van der Waals surface area contributed by atoms with Crippen LogP contribution in [-0.2, 0) is 11.3 Å². The van der Waals surface area contributed by atoms with Crippen LogP contribution in [0.4, 0.5) is 8.78 Å². The summed E-state index contributed by atoms with van der Waals surface area (Å²) < 4.78 is 35.5. The number of aromatic nitrogens is 2. The minimum Gasteiger partial charge on any atom is -0.490 e. The summed E-state index contributed by atoms with van der Waals surface area (Å²) in [6.45, 7) is 1.81. The number of halogens is 2. The number of rotatable bonds is 5. The van der Waals surface area contributed by atoms with Gasteiger partial charge in [-0.15, -0.1) is 0 Å². The summed E-state index contributed by atoms with van der Waals surface area (Å²) in [5.41, 5.74) is 1.63. The normalized spacial score (nSPS) is 18.8. The van der Waals surface area contributed by atoms with Crippen LogP contribution >= 0.6 is 0 Å². The number of nitrogens with one attached hydrogen (secondary N) is 1. The molecule has 8 heteroatoms. The molecule has 6 nitrogen and oxygen atoms in total. The van der Waals surface area contributed by atoms with Crippen molar-refractivity contribution in [3.63, 3.8) is 0 Å². The van der Waals surface area contributed by atoms with Crippen molar-refractivity contribution in [1.29, 1.82) is 5.41 Å². The average Bonchev–Trinajstić information content (AvgIpc) is 2.73. The largest absolute Gasteiger partial charge is 0.490 e. The number of benzene rings is 2. The summed E-state index contributed by atoms with van der Waals surface area (Å²) in [5, 5.41) is 17.9. The molecular weight excluding hydrogens is 404 g/mol. The highest BCUT2D eigenvalue weighted by molar-refractivity contribution is 5.79. The summed E-state index contributed by atoms with van der Waals surface area (Å²) in [6, 6.07) is 7.47. The monoisotopic (exact) mass is 427 g/mol. The smallest absolute Gasteiger partial charge is 0.306 e. The van der Waals surface area contributed by atoms with Crippen LogP contribution in [0.3, 0.4) is 0 Å². The van der Waals surface area contributed by atoms with Crippen molar-refractivity contribution in [3.05, 3.63) is 64.9 Å². The first kappa shape index (κ1) is 21.0. The quantitative estimate of drug-likeness (QED) is 0.640. The van der Waals surface area contributed by atoms with Crippen molar-refractivity contribution in [2.45, 2.75) is 45.3 Å². The van der Waals surface area contributed by atoms with Crippen molar-refractivity contribution in [2.24, 2.45) is 5.92 Å². The maximum absolute atomic E-state index is 14.3. The van der Waals surface area contributed by atoms with Gasteiger partial charge in [-0.1, -0.05) is 0 Å². The van der Waals surface area contributed by atoms with Gasteiger partial charge >= 0.3 is 5.97 Å². The van der Waals surface area contributed by atoms with Crippen molar-refractivity contribution >= 4 is 16.9 Å². The van der Waals surface area contributed by atoms with Gasteiger partial charge in [0.25, 0.3) is 0 Å².